The zero-order valence-electron chi connectivity index (χ0n) is 15.1. The smallest absolute Gasteiger partial charge is 0.172 e. The number of carbonyl (C=O) groups excluding carboxylic acids is 2. The van der Waals surface area contributed by atoms with Gasteiger partial charge in [0.1, 0.15) is 5.78 Å². The predicted octanol–water partition coefficient (Wildman–Crippen LogP) is 3.70. The maximum atomic E-state index is 13.3. The van der Waals surface area contributed by atoms with Crippen molar-refractivity contribution in [3.05, 3.63) is 12.2 Å². The fraction of sp³-hybridized carbons (Fsp3) is 0.810. The van der Waals surface area contributed by atoms with Gasteiger partial charge < -0.3 is 5.11 Å². The lowest BCUT2D eigenvalue weighted by Gasteiger charge is -2.67. The number of hydrogen-bond donors (Lipinski definition) is 1. The fourth-order valence-corrected chi connectivity index (χ4v) is 7.38. The van der Waals surface area contributed by atoms with E-state index in [1.807, 2.05) is 0 Å². The van der Waals surface area contributed by atoms with Crippen LogP contribution < -0.4 is 0 Å². The van der Waals surface area contributed by atoms with Crippen LogP contribution in [0.4, 0.5) is 0 Å². The Morgan fingerprint density at radius 1 is 1.21 bits per heavy atom. The van der Waals surface area contributed by atoms with Crippen molar-refractivity contribution in [2.45, 2.75) is 65.2 Å². The zero-order chi connectivity index (χ0) is 17.3. The first-order valence-corrected chi connectivity index (χ1v) is 9.73. The van der Waals surface area contributed by atoms with E-state index in [4.69, 9.17) is 0 Å². The summed E-state index contributed by atoms with van der Waals surface area (Å²) in [6.45, 7) is 8.60. The van der Waals surface area contributed by atoms with Gasteiger partial charge in [-0.15, -0.1) is 0 Å². The molecule has 0 aliphatic heterocycles. The number of fused-ring (bicyclic) bond motifs is 3. The second-order valence-electron chi connectivity index (χ2n) is 9.28. The van der Waals surface area contributed by atoms with Crippen LogP contribution in [0, 0.1) is 34.0 Å². The van der Waals surface area contributed by atoms with Crippen molar-refractivity contribution in [3.63, 3.8) is 0 Å². The highest BCUT2D eigenvalue weighted by Crippen LogP contribution is 2.70. The fourth-order valence-electron chi connectivity index (χ4n) is 7.38. The first-order chi connectivity index (χ1) is 11.4. The van der Waals surface area contributed by atoms with Crippen molar-refractivity contribution in [1.29, 1.82) is 0 Å². The van der Waals surface area contributed by atoms with E-state index in [1.165, 1.54) is 0 Å². The third-order valence-electron chi connectivity index (χ3n) is 8.72. The summed E-state index contributed by atoms with van der Waals surface area (Å²) >= 11 is 0. The van der Waals surface area contributed by atoms with Crippen LogP contribution in [0.15, 0.2) is 12.2 Å². The van der Waals surface area contributed by atoms with E-state index < -0.39 is 5.41 Å². The van der Waals surface area contributed by atoms with Crippen LogP contribution >= 0.6 is 0 Å². The van der Waals surface area contributed by atoms with Gasteiger partial charge in [-0.3, -0.25) is 9.59 Å². The molecule has 0 aromatic heterocycles. The van der Waals surface area contributed by atoms with E-state index in [-0.39, 0.29) is 46.8 Å². The molecule has 1 N–H and O–H groups in total. The first-order valence-electron chi connectivity index (χ1n) is 9.73. The molecule has 3 nitrogen and oxygen atoms in total. The molecule has 5 aliphatic rings. The molecule has 5 fully saturated rings. The molecule has 24 heavy (non-hydrogen) atoms. The molecule has 3 unspecified atom stereocenters. The number of hydrogen-bond acceptors (Lipinski definition) is 3. The van der Waals surface area contributed by atoms with E-state index in [9.17, 15) is 14.7 Å². The predicted molar refractivity (Wildman–Crippen MR) is 92.3 cm³/mol. The van der Waals surface area contributed by atoms with Crippen LogP contribution in [0.3, 0.4) is 0 Å². The molecule has 1 spiro atoms. The van der Waals surface area contributed by atoms with E-state index >= 15 is 0 Å². The molecule has 0 amide bonds. The molecule has 0 aromatic carbocycles. The molecule has 6 atom stereocenters. The average molecular weight is 330 g/mol. The number of aliphatic hydroxyl groups excluding tert-OH is 1. The Kier molecular flexibility index (Phi) is 3.46. The van der Waals surface area contributed by atoms with Crippen LogP contribution in [0.5, 0.6) is 0 Å². The molecular weight excluding hydrogens is 300 g/mol. The quantitative estimate of drug-likeness (QED) is 0.620. The Bertz CT molecular complexity index is 623. The van der Waals surface area contributed by atoms with Crippen molar-refractivity contribution >= 4 is 11.6 Å². The average Bonchev–Trinajstić information content (AvgIpc) is 2.60. The van der Waals surface area contributed by atoms with Gasteiger partial charge in [0.05, 0.1) is 5.41 Å². The van der Waals surface area contributed by atoms with Crippen molar-refractivity contribution in [1.82, 2.24) is 0 Å². The van der Waals surface area contributed by atoms with Gasteiger partial charge in [-0.1, -0.05) is 26.8 Å². The van der Waals surface area contributed by atoms with Crippen LogP contribution in [0.2, 0.25) is 0 Å². The third kappa shape index (κ3) is 1.67. The number of aliphatic hydroxyl groups is 1. The Balaban J connectivity index is 1.88. The largest absolute Gasteiger partial charge is 0.396 e. The lowest BCUT2D eigenvalue weighted by molar-refractivity contribution is -0.193. The summed E-state index contributed by atoms with van der Waals surface area (Å²) in [4.78, 5) is 26.5. The topological polar surface area (TPSA) is 54.4 Å². The van der Waals surface area contributed by atoms with E-state index in [0.29, 0.717) is 6.42 Å². The third-order valence-corrected chi connectivity index (χ3v) is 8.72. The standard InChI is InChI=1S/C21H30O3/c1-4-20-8-5-7-19(3,12-22)15(20)11-17(23)21-9-6-14(10-16(20)21)13(2)18(21)24/h14-16,22H,2,4-12H2,1,3H3/t14-,15?,16?,19-,20+,21?/m0/s1. The number of Topliss-reactive ketones (excluding diaryl/α,β-unsaturated/α-hetero) is 2. The van der Waals surface area contributed by atoms with Gasteiger partial charge in [0.15, 0.2) is 5.78 Å². The lowest BCUT2D eigenvalue weighted by atomic mass is 9.35. The second kappa shape index (κ2) is 5.03. The van der Waals surface area contributed by atoms with E-state index in [0.717, 1.165) is 50.5 Å². The van der Waals surface area contributed by atoms with Crippen LogP contribution in [-0.2, 0) is 9.59 Å². The zero-order valence-corrected chi connectivity index (χ0v) is 15.1. The summed E-state index contributed by atoms with van der Waals surface area (Å²) in [6.07, 6.45) is 7.34. The Morgan fingerprint density at radius 2 is 1.96 bits per heavy atom. The molecule has 5 saturated carbocycles. The minimum Gasteiger partial charge on any atom is -0.396 e. The molecule has 2 bridgehead atoms. The number of carbonyl (C=O) groups is 2. The SMILES string of the molecule is C=C1C(=O)C23CC[C@H]1CC2[C@]1(CC)CCC[C@@](C)(CO)C1CC3=O. The maximum absolute atomic E-state index is 13.3. The second-order valence-corrected chi connectivity index (χ2v) is 9.28. The van der Waals surface area contributed by atoms with Gasteiger partial charge >= 0.3 is 0 Å². The van der Waals surface area contributed by atoms with Crippen molar-refractivity contribution in [2.75, 3.05) is 6.61 Å². The van der Waals surface area contributed by atoms with Gasteiger partial charge in [0.2, 0.25) is 0 Å². The molecular formula is C21H30O3. The Labute approximate surface area is 144 Å². The summed E-state index contributed by atoms with van der Waals surface area (Å²) in [5.74, 6) is 0.901. The van der Waals surface area contributed by atoms with E-state index in [2.05, 4.69) is 20.4 Å². The molecule has 5 aliphatic carbocycles. The normalized spacial score (nSPS) is 50.6. The number of ketones is 2. The number of allylic oxidation sites excluding steroid dienone is 1. The van der Waals surface area contributed by atoms with Gasteiger partial charge in [-0.2, -0.15) is 0 Å². The van der Waals surface area contributed by atoms with Crippen molar-refractivity contribution in [3.8, 4) is 0 Å². The highest BCUT2D eigenvalue weighted by atomic mass is 16.3. The van der Waals surface area contributed by atoms with Crippen molar-refractivity contribution < 1.29 is 14.7 Å². The highest BCUT2D eigenvalue weighted by molar-refractivity contribution is 6.16. The van der Waals surface area contributed by atoms with Gasteiger partial charge in [0, 0.05) is 13.0 Å². The first kappa shape index (κ1) is 16.5. The summed E-state index contributed by atoms with van der Waals surface area (Å²) in [5, 5.41) is 10.1. The minimum absolute atomic E-state index is 0.0403. The van der Waals surface area contributed by atoms with Crippen LogP contribution in [0.25, 0.3) is 0 Å². The summed E-state index contributed by atoms with van der Waals surface area (Å²) in [7, 11) is 0. The highest BCUT2D eigenvalue weighted by Gasteiger charge is 2.70. The van der Waals surface area contributed by atoms with Crippen molar-refractivity contribution in [2.24, 2.45) is 34.0 Å². The molecule has 132 valence electrons. The van der Waals surface area contributed by atoms with Crippen LogP contribution in [0.1, 0.15) is 65.2 Å². The Hall–Kier alpha value is -0.960. The molecule has 0 radical (unpaired) electrons. The van der Waals surface area contributed by atoms with E-state index in [1.54, 1.807) is 0 Å². The molecule has 3 heteroatoms. The molecule has 0 aromatic rings. The molecule has 0 saturated heterocycles. The molecule has 5 rings (SSSR count). The summed E-state index contributed by atoms with van der Waals surface area (Å²) < 4.78 is 0. The molecule has 0 heterocycles. The summed E-state index contributed by atoms with van der Waals surface area (Å²) in [5.41, 5.74) is -0.191. The van der Waals surface area contributed by atoms with Gasteiger partial charge in [-0.05, 0) is 72.7 Å². The Morgan fingerprint density at radius 3 is 2.62 bits per heavy atom. The number of rotatable bonds is 2. The monoisotopic (exact) mass is 330 g/mol. The summed E-state index contributed by atoms with van der Waals surface area (Å²) in [6, 6.07) is 0. The maximum Gasteiger partial charge on any atom is 0.172 e. The lowest BCUT2D eigenvalue weighted by Crippen LogP contribution is -2.67. The van der Waals surface area contributed by atoms with Gasteiger partial charge in [-0.25, -0.2) is 0 Å². The van der Waals surface area contributed by atoms with Gasteiger partial charge in [0.25, 0.3) is 0 Å². The minimum atomic E-state index is -0.772. The van der Waals surface area contributed by atoms with Crippen LogP contribution in [-0.4, -0.2) is 23.3 Å².